The van der Waals surface area contributed by atoms with E-state index in [9.17, 15) is 4.79 Å². The SMILES string of the molecule is Cc1ccc(CN(C(=O)NC2CCCCC2)C2CCC(c3ccccc3)CC2)cc1. The molecular formula is C27H36N2O. The Morgan fingerprint density at radius 3 is 2.20 bits per heavy atom. The summed E-state index contributed by atoms with van der Waals surface area (Å²) in [6.07, 6.45) is 10.5. The van der Waals surface area contributed by atoms with Crippen LogP contribution in [0, 0.1) is 6.92 Å². The van der Waals surface area contributed by atoms with Gasteiger partial charge >= 0.3 is 6.03 Å². The van der Waals surface area contributed by atoms with Crippen LogP contribution >= 0.6 is 0 Å². The second-order valence-corrected chi connectivity index (χ2v) is 9.31. The second kappa shape index (κ2) is 10.1. The van der Waals surface area contributed by atoms with Gasteiger partial charge in [0.25, 0.3) is 0 Å². The van der Waals surface area contributed by atoms with Gasteiger partial charge in [0.05, 0.1) is 0 Å². The van der Waals surface area contributed by atoms with Crippen molar-refractivity contribution in [3.63, 3.8) is 0 Å². The lowest BCUT2D eigenvalue weighted by atomic mass is 9.81. The topological polar surface area (TPSA) is 32.3 Å². The maximum Gasteiger partial charge on any atom is 0.318 e. The molecule has 0 saturated heterocycles. The quantitative estimate of drug-likeness (QED) is 0.601. The number of amides is 2. The van der Waals surface area contributed by atoms with Crippen molar-refractivity contribution in [2.45, 2.75) is 89.3 Å². The average molecular weight is 405 g/mol. The Labute approximate surface area is 181 Å². The van der Waals surface area contributed by atoms with E-state index in [0.717, 1.165) is 38.5 Å². The van der Waals surface area contributed by atoms with Crippen LogP contribution in [-0.4, -0.2) is 23.0 Å². The molecule has 2 amide bonds. The molecule has 2 fully saturated rings. The van der Waals surface area contributed by atoms with Gasteiger partial charge in [-0.25, -0.2) is 4.79 Å². The lowest BCUT2D eigenvalue weighted by molar-refractivity contribution is 0.141. The highest BCUT2D eigenvalue weighted by molar-refractivity contribution is 5.75. The number of hydrogen-bond acceptors (Lipinski definition) is 1. The minimum absolute atomic E-state index is 0.144. The molecule has 0 bridgehead atoms. The van der Waals surface area contributed by atoms with Crippen LogP contribution in [0.1, 0.15) is 80.4 Å². The minimum atomic E-state index is 0.144. The Bertz CT molecular complexity index is 787. The van der Waals surface area contributed by atoms with Crippen LogP contribution in [0.4, 0.5) is 4.79 Å². The van der Waals surface area contributed by atoms with Gasteiger partial charge in [0.2, 0.25) is 0 Å². The Balaban J connectivity index is 1.43. The van der Waals surface area contributed by atoms with E-state index in [4.69, 9.17) is 0 Å². The van der Waals surface area contributed by atoms with Gasteiger partial charge < -0.3 is 10.2 Å². The zero-order chi connectivity index (χ0) is 20.8. The number of benzene rings is 2. The fourth-order valence-electron chi connectivity index (χ4n) is 5.21. The van der Waals surface area contributed by atoms with Crippen molar-refractivity contribution in [3.05, 3.63) is 71.3 Å². The lowest BCUT2D eigenvalue weighted by Gasteiger charge is -2.38. The predicted octanol–water partition coefficient (Wildman–Crippen LogP) is 6.57. The predicted molar refractivity (Wildman–Crippen MR) is 124 cm³/mol. The van der Waals surface area contributed by atoms with Crippen molar-refractivity contribution in [1.82, 2.24) is 10.2 Å². The van der Waals surface area contributed by atoms with Gasteiger partial charge in [0.15, 0.2) is 0 Å². The van der Waals surface area contributed by atoms with Crippen molar-refractivity contribution in [2.24, 2.45) is 0 Å². The lowest BCUT2D eigenvalue weighted by Crippen LogP contribution is -2.50. The van der Waals surface area contributed by atoms with E-state index in [1.54, 1.807) is 0 Å². The molecule has 1 N–H and O–H groups in total. The highest BCUT2D eigenvalue weighted by Crippen LogP contribution is 2.35. The summed E-state index contributed by atoms with van der Waals surface area (Å²) in [5.41, 5.74) is 3.94. The van der Waals surface area contributed by atoms with E-state index in [-0.39, 0.29) is 6.03 Å². The molecule has 3 heteroatoms. The van der Waals surface area contributed by atoms with Crippen LogP contribution < -0.4 is 5.32 Å². The molecule has 2 aromatic carbocycles. The number of nitrogens with one attached hydrogen (secondary N) is 1. The summed E-state index contributed by atoms with van der Waals surface area (Å²) >= 11 is 0. The third-order valence-electron chi connectivity index (χ3n) is 7.08. The van der Waals surface area contributed by atoms with Crippen LogP contribution in [0.15, 0.2) is 54.6 Å². The largest absolute Gasteiger partial charge is 0.335 e. The minimum Gasteiger partial charge on any atom is -0.335 e. The summed E-state index contributed by atoms with van der Waals surface area (Å²) in [5, 5.41) is 3.38. The Morgan fingerprint density at radius 2 is 1.53 bits per heavy atom. The van der Waals surface area contributed by atoms with Crippen molar-refractivity contribution in [3.8, 4) is 0 Å². The fourth-order valence-corrected chi connectivity index (χ4v) is 5.21. The van der Waals surface area contributed by atoms with Gasteiger partial charge in [0, 0.05) is 18.6 Å². The molecule has 0 atom stereocenters. The van der Waals surface area contributed by atoms with E-state index in [1.165, 1.54) is 36.0 Å². The van der Waals surface area contributed by atoms with E-state index in [1.807, 2.05) is 0 Å². The van der Waals surface area contributed by atoms with Gasteiger partial charge in [-0.15, -0.1) is 0 Å². The number of carbonyl (C=O) groups excluding carboxylic acids is 1. The molecule has 0 spiro atoms. The normalized spacial score (nSPS) is 22.4. The van der Waals surface area contributed by atoms with Crippen LogP contribution in [0.3, 0.4) is 0 Å². The van der Waals surface area contributed by atoms with Gasteiger partial charge in [-0.3, -0.25) is 0 Å². The van der Waals surface area contributed by atoms with Crippen LogP contribution in [0.25, 0.3) is 0 Å². The van der Waals surface area contributed by atoms with Crippen molar-refractivity contribution >= 4 is 6.03 Å². The summed E-state index contributed by atoms with van der Waals surface area (Å²) in [6, 6.07) is 20.4. The first-order valence-electron chi connectivity index (χ1n) is 11.9. The van der Waals surface area contributed by atoms with E-state index in [0.29, 0.717) is 24.5 Å². The standard InChI is InChI=1S/C27H36N2O/c1-21-12-14-22(15-13-21)20-29(27(30)28-25-10-6-3-7-11-25)26-18-16-24(17-19-26)23-8-4-2-5-9-23/h2,4-5,8-9,12-15,24-26H,3,6-7,10-11,16-20H2,1H3,(H,28,30). The smallest absolute Gasteiger partial charge is 0.318 e. The summed E-state index contributed by atoms with van der Waals surface area (Å²) in [5.74, 6) is 0.630. The molecule has 4 rings (SSSR count). The molecular weight excluding hydrogens is 368 g/mol. The van der Waals surface area contributed by atoms with Crippen molar-refractivity contribution in [1.29, 1.82) is 0 Å². The number of nitrogens with zero attached hydrogens (tertiary/aromatic N) is 1. The van der Waals surface area contributed by atoms with Gasteiger partial charge in [-0.1, -0.05) is 79.4 Å². The molecule has 0 radical (unpaired) electrons. The van der Waals surface area contributed by atoms with Crippen LogP contribution in [0.5, 0.6) is 0 Å². The van der Waals surface area contributed by atoms with Gasteiger partial charge in [-0.05, 0) is 62.5 Å². The van der Waals surface area contributed by atoms with Gasteiger partial charge in [0.1, 0.15) is 0 Å². The van der Waals surface area contributed by atoms with E-state index in [2.05, 4.69) is 71.7 Å². The number of urea groups is 1. The third kappa shape index (κ3) is 5.44. The molecule has 2 aromatic rings. The molecule has 160 valence electrons. The average Bonchev–Trinajstić information content (AvgIpc) is 2.80. The molecule has 0 aliphatic heterocycles. The molecule has 0 unspecified atom stereocenters. The molecule has 30 heavy (non-hydrogen) atoms. The number of hydrogen-bond donors (Lipinski definition) is 1. The Morgan fingerprint density at radius 1 is 0.867 bits per heavy atom. The fraction of sp³-hybridized carbons (Fsp3) is 0.519. The molecule has 2 aliphatic carbocycles. The summed E-state index contributed by atoms with van der Waals surface area (Å²) in [7, 11) is 0. The first-order chi connectivity index (χ1) is 14.7. The van der Waals surface area contributed by atoms with E-state index >= 15 is 0 Å². The Kier molecular flexibility index (Phi) is 7.09. The first-order valence-corrected chi connectivity index (χ1v) is 11.9. The van der Waals surface area contributed by atoms with Crippen molar-refractivity contribution < 1.29 is 4.79 Å². The highest BCUT2D eigenvalue weighted by Gasteiger charge is 2.30. The third-order valence-corrected chi connectivity index (χ3v) is 7.08. The number of carbonyl (C=O) groups is 1. The van der Waals surface area contributed by atoms with Crippen molar-refractivity contribution in [2.75, 3.05) is 0 Å². The summed E-state index contributed by atoms with van der Waals surface area (Å²) in [6.45, 7) is 2.82. The summed E-state index contributed by atoms with van der Waals surface area (Å²) in [4.78, 5) is 15.5. The van der Waals surface area contributed by atoms with Crippen LogP contribution in [0.2, 0.25) is 0 Å². The highest BCUT2D eigenvalue weighted by atomic mass is 16.2. The maximum atomic E-state index is 13.3. The monoisotopic (exact) mass is 404 g/mol. The maximum absolute atomic E-state index is 13.3. The zero-order valence-corrected chi connectivity index (χ0v) is 18.4. The molecule has 2 aliphatic rings. The van der Waals surface area contributed by atoms with E-state index < -0.39 is 0 Å². The molecule has 0 aromatic heterocycles. The summed E-state index contributed by atoms with van der Waals surface area (Å²) < 4.78 is 0. The van der Waals surface area contributed by atoms with Crippen LogP contribution in [-0.2, 0) is 6.54 Å². The van der Waals surface area contributed by atoms with Gasteiger partial charge in [-0.2, -0.15) is 0 Å². The first kappa shape index (κ1) is 21.0. The molecule has 0 heterocycles. The number of rotatable bonds is 5. The number of aryl methyl sites for hydroxylation is 1. The second-order valence-electron chi connectivity index (χ2n) is 9.31. The zero-order valence-electron chi connectivity index (χ0n) is 18.4. The molecule has 2 saturated carbocycles. The molecule has 3 nitrogen and oxygen atoms in total. The Hall–Kier alpha value is -2.29.